The number of amides is 1. The Morgan fingerprint density at radius 1 is 1.33 bits per heavy atom. The van der Waals surface area contributed by atoms with Crippen LogP contribution in [0.3, 0.4) is 0 Å². The molecule has 0 atom stereocenters. The minimum Gasteiger partial charge on any atom is -0.480 e. The molecule has 0 aliphatic heterocycles. The van der Waals surface area contributed by atoms with Crippen LogP contribution in [0, 0.1) is 0 Å². The van der Waals surface area contributed by atoms with Gasteiger partial charge in [0.05, 0.1) is 13.1 Å². The Morgan fingerprint density at radius 2 is 2.10 bits per heavy atom. The quantitative estimate of drug-likeness (QED) is 0.630. The van der Waals surface area contributed by atoms with Gasteiger partial charge in [0.2, 0.25) is 16.2 Å². The van der Waals surface area contributed by atoms with Crippen molar-refractivity contribution in [3.8, 4) is 0 Å². The van der Waals surface area contributed by atoms with Gasteiger partial charge < -0.3 is 5.11 Å². The lowest BCUT2D eigenvalue weighted by Crippen LogP contribution is -2.37. The van der Waals surface area contributed by atoms with Crippen LogP contribution in [0.25, 0.3) is 0 Å². The molecule has 1 aromatic rings. The fourth-order valence-corrected chi connectivity index (χ4v) is 3.01. The summed E-state index contributed by atoms with van der Waals surface area (Å²) in [6.45, 7) is 4.47. The lowest BCUT2D eigenvalue weighted by atomic mass is 10.4. The zero-order valence-corrected chi connectivity index (χ0v) is 13.8. The summed E-state index contributed by atoms with van der Waals surface area (Å²) in [5.74, 6) is -0.272. The number of thioether (sulfide) groups is 1. The number of aromatic nitrogens is 2. The molecule has 0 aliphatic rings. The molecule has 2 N–H and O–H groups in total. The highest BCUT2D eigenvalue weighted by Gasteiger charge is 2.14. The molecular weight excluding hydrogens is 312 g/mol. The summed E-state index contributed by atoms with van der Waals surface area (Å²) < 4.78 is 4.14. The zero-order chi connectivity index (χ0) is 15.7. The van der Waals surface area contributed by atoms with E-state index < -0.39 is 5.97 Å². The van der Waals surface area contributed by atoms with E-state index in [1.807, 2.05) is 6.92 Å². The maximum Gasteiger partial charge on any atom is 0.317 e. The van der Waals surface area contributed by atoms with Crippen molar-refractivity contribution >= 4 is 40.3 Å². The summed E-state index contributed by atoms with van der Waals surface area (Å²) in [5.41, 5.74) is 0. The number of carboxylic acid groups (broad SMARTS) is 1. The van der Waals surface area contributed by atoms with E-state index in [0.29, 0.717) is 16.8 Å². The Hall–Kier alpha value is -1.19. The molecule has 0 radical (unpaired) electrons. The highest BCUT2D eigenvalue weighted by molar-refractivity contribution is 7.99. The lowest BCUT2D eigenvalue weighted by molar-refractivity contribution is -0.138. The third-order valence-electron chi connectivity index (χ3n) is 2.35. The Bertz CT molecular complexity index is 467. The van der Waals surface area contributed by atoms with Crippen LogP contribution in [-0.4, -0.2) is 56.6 Å². The maximum atomic E-state index is 11.9. The van der Waals surface area contributed by atoms with Gasteiger partial charge in [0.15, 0.2) is 0 Å². The Morgan fingerprint density at radius 3 is 2.71 bits per heavy atom. The summed E-state index contributed by atoms with van der Waals surface area (Å²) in [6, 6.07) is 0. The second-order valence-corrected chi connectivity index (χ2v) is 6.20. The molecule has 118 valence electrons. The highest BCUT2D eigenvalue weighted by atomic mass is 32.2. The molecule has 0 saturated carbocycles. The molecular formula is C12H20N4O3S2. The van der Waals surface area contributed by atoms with E-state index in [9.17, 15) is 9.59 Å². The van der Waals surface area contributed by atoms with E-state index in [1.165, 1.54) is 0 Å². The van der Waals surface area contributed by atoms with Gasteiger partial charge in [-0.15, -0.1) is 0 Å². The van der Waals surface area contributed by atoms with Gasteiger partial charge in [-0.1, -0.05) is 25.6 Å². The Balaban J connectivity index is 2.47. The summed E-state index contributed by atoms with van der Waals surface area (Å²) in [5, 5.41) is 12.6. The first-order chi connectivity index (χ1) is 10.0. The fourth-order valence-electron chi connectivity index (χ4n) is 1.60. The monoisotopic (exact) mass is 332 g/mol. The third kappa shape index (κ3) is 7.39. The van der Waals surface area contributed by atoms with Crippen molar-refractivity contribution in [1.29, 1.82) is 0 Å². The number of hydrogen-bond donors (Lipinski definition) is 2. The summed E-state index contributed by atoms with van der Waals surface area (Å²) in [6.07, 6.45) is 1.82. The number of rotatable bonds is 10. The number of nitrogens with zero attached hydrogens (tertiary/aromatic N) is 3. The van der Waals surface area contributed by atoms with Crippen LogP contribution in [0.15, 0.2) is 5.16 Å². The van der Waals surface area contributed by atoms with Gasteiger partial charge in [0.25, 0.3) is 0 Å². The van der Waals surface area contributed by atoms with Crippen LogP contribution in [0.1, 0.15) is 26.7 Å². The molecule has 0 saturated heterocycles. The zero-order valence-electron chi connectivity index (χ0n) is 12.2. The number of anilines is 1. The molecule has 1 rings (SSSR count). The van der Waals surface area contributed by atoms with Crippen LogP contribution < -0.4 is 5.32 Å². The smallest absolute Gasteiger partial charge is 0.317 e. The normalized spacial score (nSPS) is 10.8. The minimum atomic E-state index is -0.939. The van der Waals surface area contributed by atoms with E-state index in [1.54, 1.807) is 16.7 Å². The first kappa shape index (κ1) is 17.9. The standard InChI is InChI=1S/C12H20N4O3S2/c1-3-5-16(8-10(18)19)7-9(17)13-11-14-12(15-21-11)20-6-4-2/h3-8H2,1-2H3,(H,18,19)(H,13,14,15,17). The Labute approximate surface area is 132 Å². The summed E-state index contributed by atoms with van der Waals surface area (Å²) in [7, 11) is 0. The first-order valence-corrected chi connectivity index (χ1v) is 8.51. The van der Waals surface area contributed by atoms with Crippen LogP contribution in [0.5, 0.6) is 0 Å². The van der Waals surface area contributed by atoms with E-state index in [-0.39, 0.29) is 19.0 Å². The number of carbonyl (C=O) groups excluding carboxylic acids is 1. The van der Waals surface area contributed by atoms with Crippen molar-refractivity contribution in [3.05, 3.63) is 0 Å². The van der Waals surface area contributed by atoms with Gasteiger partial charge in [0.1, 0.15) is 0 Å². The maximum absolute atomic E-state index is 11.9. The number of carbonyl (C=O) groups is 2. The molecule has 0 fully saturated rings. The largest absolute Gasteiger partial charge is 0.480 e. The average Bonchev–Trinajstić information content (AvgIpc) is 2.83. The predicted octanol–water partition coefficient (Wildman–Crippen LogP) is 1.78. The van der Waals surface area contributed by atoms with Crippen LogP contribution in [0.4, 0.5) is 5.13 Å². The lowest BCUT2D eigenvalue weighted by Gasteiger charge is -2.18. The van der Waals surface area contributed by atoms with Gasteiger partial charge >= 0.3 is 5.97 Å². The fraction of sp³-hybridized carbons (Fsp3) is 0.667. The molecule has 7 nitrogen and oxygen atoms in total. The van der Waals surface area contributed by atoms with Crippen LogP contribution >= 0.6 is 23.3 Å². The molecule has 21 heavy (non-hydrogen) atoms. The van der Waals surface area contributed by atoms with Gasteiger partial charge in [-0.2, -0.15) is 9.36 Å². The third-order valence-corrected chi connectivity index (χ3v) is 4.15. The predicted molar refractivity (Wildman–Crippen MR) is 83.9 cm³/mol. The molecule has 0 aromatic carbocycles. The van der Waals surface area contributed by atoms with Crippen molar-refractivity contribution in [3.63, 3.8) is 0 Å². The van der Waals surface area contributed by atoms with E-state index in [0.717, 1.165) is 30.1 Å². The van der Waals surface area contributed by atoms with Gasteiger partial charge in [0, 0.05) is 17.3 Å². The van der Waals surface area contributed by atoms with E-state index in [2.05, 4.69) is 21.6 Å². The molecule has 1 heterocycles. The van der Waals surface area contributed by atoms with Crippen molar-refractivity contribution in [1.82, 2.24) is 14.3 Å². The van der Waals surface area contributed by atoms with Gasteiger partial charge in [-0.3, -0.25) is 19.8 Å². The van der Waals surface area contributed by atoms with Crippen LogP contribution in [0.2, 0.25) is 0 Å². The van der Waals surface area contributed by atoms with E-state index in [4.69, 9.17) is 5.11 Å². The second-order valence-electron chi connectivity index (χ2n) is 4.38. The summed E-state index contributed by atoms with van der Waals surface area (Å²) >= 11 is 2.68. The van der Waals surface area contributed by atoms with Gasteiger partial charge in [-0.25, -0.2) is 0 Å². The van der Waals surface area contributed by atoms with Crippen molar-refractivity contribution in [2.45, 2.75) is 31.8 Å². The molecule has 9 heteroatoms. The molecule has 0 bridgehead atoms. The van der Waals surface area contributed by atoms with Crippen molar-refractivity contribution < 1.29 is 14.7 Å². The number of nitrogens with one attached hydrogen (secondary N) is 1. The van der Waals surface area contributed by atoms with Crippen molar-refractivity contribution in [2.24, 2.45) is 0 Å². The SMILES string of the molecule is CCCSc1nsc(NC(=O)CN(CCC)CC(=O)O)n1. The number of aliphatic carboxylic acids is 1. The average molecular weight is 332 g/mol. The van der Waals surface area contributed by atoms with Crippen molar-refractivity contribution in [2.75, 3.05) is 30.7 Å². The number of carboxylic acids is 1. The molecule has 1 amide bonds. The topological polar surface area (TPSA) is 95.4 Å². The molecule has 1 aromatic heterocycles. The second kappa shape index (κ2) is 9.69. The highest BCUT2D eigenvalue weighted by Crippen LogP contribution is 2.20. The molecule has 0 aliphatic carbocycles. The first-order valence-electron chi connectivity index (χ1n) is 6.75. The molecule has 0 unspecified atom stereocenters. The number of hydrogen-bond acceptors (Lipinski definition) is 7. The van der Waals surface area contributed by atoms with Crippen LogP contribution in [-0.2, 0) is 9.59 Å². The Kier molecular flexibility index (Phi) is 8.24. The summed E-state index contributed by atoms with van der Waals surface area (Å²) in [4.78, 5) is 28.4. The van der Waals surface area contributed by atoms with E-state index >= 15 is 0 Å². The minimum absolute atomic E-state index is 0.0388. The molecule has 0 spiro atoms. The van der Waals surface area contributed by atoms with Gasteiger partial charge in [-0.05, 0) is 19.4 Å².